The number of nitrogens with one attached hydrogen (secondary N) is 3. The van der Waals surface area contributed by atoms with Gasteiger partial charge in [-0.1, -0.05) is 28.1 Å². The highest BCUT2D eigenvalue weighted by Gasteiger charge is 2.35. The van der Waals surface area contributed by atoms with Crippen LogP contribution < -0.4 is 21.6 Å². The number of imide groups is 1. The molecule has 0 aliphatic heterocycles. The number of hydrogen-bond donors (Lipinski definition) is 4. The first-order valence-corrected chi connectivity index (χ1v) is 14.3. The van der Waals surface area contributed by atoms with E-state index in [4.69, 9.17) is 10.5 Å². The number of nitrogens with zero attached hydrogens (tertiary/aromatic N) is 1. The van der Waals surface area contributed by atoms with E-state index in [1.165, 1.54) is 4.90 Å². The van der Waals surface area contributed by atoms with Crippen LogP contribution in [0.5, 0.6) is 0 Å². The number of nitrogens with two attached hydrogens (primary N) is 1. The number of ether oxygens (including phenoxy) is 1. The van der Waals surface area contributed by atoms with Crippen molar-refractivity contribution >= 4 is 50.6 Å². The number of imidazole rings is 1. The lowest BCUT2D eigenvalue weighted by atomic mass is 9.81. The van der Waals surface area contributed by atoms with Crippen molar-refractivity contribution in [2.45, 2.75) is 64.5 Å². The second-order valence-corrected chi connectivity index (χ2v) is 12.3. The van der Waals surface area contributed by atoms with E-state index in [0.29, 0.717) is 36.1 Å². The molecule has 1 aliphatic carbocycles. The fourth-order valence-electron chi connectivity index (χ4n) is 5.03. The van der Waals surface area contributed by atoms with Crippen LogP contribution in [0.1, 0.15) is 52.0 Å². The predicted octanol–water partition coefficient (Wildman–Crippen LogP) is 4.38. The van der Waals surface area contributed by atoms with E-state index in [2.05, 4.69) is 31.2 Å². The number of carbonyl (C=O) groups is 3. The molecule has 10 nitrogen and oxygen atoms in total. The summed E-state index contributed by atoms with van der Waals surface area (Å²) in [6, 6.07) is 11.5. The van der Waals surface area contributed by atoms with Gasteiger partial charge in [0, 0.05) is 16.9 Å². The molecule has 0 unspecified atom stereocenters. The van der Waals surface area contributed by atoms with E-state index in [1.807, 2.05) is 45.0 Å². The number of amides is 3. The quantitative estimate of drug-likeness (QED) is 0.310. The van der Waals surface area contributed by atoms with E-state index >= 15 is 0 Å². The Morgan fingerprint density at radius 1 is 1.07 bits per heavy atom. The average molecular weight is 615 g/mol. The van der Waals surface area contributed by atoms with E-state index < -0.39 is 23.6 Å². The monoisotopic (exact) mass is 613 g/mol. The Kier molecular flexibility index (Phi) is 9.15. The first-order valence-electron chi connectivity index (χ1n) is 13.5. The van der Waals surface area contributed by atoms with Gasteiger partial charge in [-0.05, 0) is 94.7 Å². The van der Waals surface area contributed by atoms with Crippen LogP contribution in [0.2, 0.25) is 0 Å². The number of alkyl carbamates (subject to hydrolysis) is 1. The fourth-order valence-corrected chi connectivity index (χ4v) is 5.48. The summed E-state index contributed by atoms with van der Waals surface area (Å²) in [6.45, 7) is 5.90. The molecule has 2 aromatic carbocycles. The zero-order chi connectivity index (χ0) is 29.0. The molecule has 1 atom stereocenters. The number of H-pyrrole nitrogens is 2. The number of rotatable bonds is 7. The van der Waals surface area contributed by atoms with Gasteiger partial charge in [0.05, 0.1) is 22.8 Å². The topological polar surface area (TPSA) is 150 Å². The van der Waals surface area contributed by atoms with E-state index in [9.17, 15) is 19.2 Å². The van der Waals surface area contributed by atoms with Gasteiger partial charge < -0.3 is 25.8 Å². The molecule has 3 aromatic rings. The summed E-state index contributed by atoms with van der Waals surface area (Å²) in [5, 5.41) is 2.82. The van der Waals surface area contributed by atoms with Crippen LogP contribution >= 0.6 is 15.9 Å². The van der Waals surface area contributed by atoms with Crippen LogP contribution in [0.4, 0.5) is 10.5 Å². The summed E-state index contributed by atoms with van der Waals surface area (Å²) < 4.78 is 6.18. The Labute approximate surface area is 241 Å². The van der Waals surface area contributed by atoms with Crippen LogP contribution in [-0.2, 0) is 20.7 Å². The molecule has 1 saturated carbocycles. The van der Waals surface area contributed by atoms with Gasteiger partial charge in [0.1, 0.15) is 5.60 Å². The SMILES string of the molecule is CC(C)(C)OC(=O)NCC1CCC(C(=O)N(C(=O)[C@@H](N)Cc2cccc(Br)c2)c2ccc3[nH]c(=O)[nH]c3c2)CC1. The standard InChI is InChI=1S/C29H36BrN5O5/c1-29(2,3)40-28(39)32-16-17-7-9-19(10-8-17)25(36)35(21-11-12-23-24(15-21)34-27(38)33-23)26(37)22(31)14-18-5-4-6-20(30)13-18/h4-6,11-13,15,17,19,22H,7-10,14,16,31H2,1-3H3,(H,32,39)(H2,33,34,38)/t17?,19?,22-/m0/s1. The average Bonchev–Trinajstić information content (AvgIpc) is 3.26. The van der Waals surface area contributed by atoms with Crippen molar-refractivity contribution in [3.8, 4) is 0 Å². The predicted molar refractivity (Wildman–Crippen MR) is 157 cm³/mol. The Bertz CT molecular complexity index is 1430. The van der Waals surface area contributed by atoms with Crippen molar-refractivity contribution < 1.29 is 19.1 Å². The third kappa shape index (κ3) is 7.60. The Balaban J connectivity index is 1.49. The van der Waals surface area contributed by atoms with Crippen molar-refractivity contribution in [3.05, 3.63) is 63.0 Å². The van der Waals surface area contributed by atoms with Gasteiger partial charge in [-0.15, -0.1) is 0 Å². The Morgan fingerprint density at radius 3 is 2.45 bits per heavy atom. The van der Waals surface area contributed by atoms with Gasteiger partial charge in [0.2, 0.25) is 5.91 Å². The van der Waals surface area contributed by atoms with Crippen molar-refractivity contribution in [1.82, 2.24) is 15.3 Å². The summed E-state index contributed by atoms with van der Waals surface area (Å²) in [7, 11) is 0. The minimum Gasteiger partial charge on any atom is -0.444 e. The third-order valence-corrected chi connectivity index (χ3v) is 7.48. The van der Waals surface area contributed by atoms with Gasteiger partial charge in [0.15, 0.2) is 0 Å². The largest absolute Gasteiger partial charge is 0.444 e. The molecule has 0 bridgehead atoms. The second-order valence-electron chi connectivity index (χ2n) is 11.4. The zero-order valence-corrected chi connectivity index (χ0v) is 24.5. The number of hydrogen-bond acceptors (Lipinski definition) is 6. The maximum absolute atomic E-state index is 13.9. The Morgan fingerprint density at radius 2 is 1.77 bits per heavy atom. The number of aromatic amines is 2. The van der Waals surface area contributed by atoms with Crippen LogP contribution in [0.15, 0.2) is 51.7 Å². The highest BCUT2D eigenvalue weighted by atomic mass is 79.9. The summed E-state index contributed by atoms with van der Waals surface area (Å²) in [5.41, 5.74) is 7.73. The molecule has 0 spiro atoms. The normalized spacial score (nSPS) is 18.2. The number of benzene rings is 2. The number of fused-ring (bicyclic) bond motifs is 1. The van der Waals surface area contributed by atoms with Crippen molar-refractivity contribution in [2.24, 2.45) is 17.6 Å². The molecule has 4 rings (SSSR count). The highest BCUT2D eigenvalue weighted by molar-refractivity contribution is 9.10. The van der Waals surface area contributed by atoms with Crippen molar-refractivity contribution in [3.63, 3.8) is 0 Å². The van der Waals surface area contributed by atoms with Crippen LogP contribution in [0, 0.1) is 11.8 Å². The molecule has 0 radical (unpaired) electrons. The summed E-state index contributed by atoms with van der Waals surface area (Å²) in [6.07, 6.45) is 2.40. The lowest BCUT2D eigenvalue weighted by Crippen LogP contribution is -2.50. The summed E-state index contributed by atoms with van der Waals surface area (Å²) >= 11 is 3.44. The third-order valence-electron chi connectivity index (χ3n) is 6.99. The van der Waals surface area contributed by atoms with E-state index in [0.717, 1.165) is 22.9 Å². The molecule has 1 aromatic heterocycles. The highest BCUT2D eigenvalue weighted by Crippen LogP contribution is 2.32. The summed E-state index contributed by atoms with van der Waals surface area (Å²) in [5.74, 6) is -0.983. The van der Waals surface area contributed by atoms with Crippen molar-refractivity contribution in [2.75, 3.05) is 11.4 Å². The van der Waals surface area contributed by atoms with Crippen LogP contribution in [0.25, 0.3) is 11.0 Å². The smallest absolute Gasteiger partial charge is 0.407 e. The first-order chi connectivity index (χ1) is 18.9. The van der Waals surface area contributed by atoms with Crippen LogP contribution in [0.3, 0.4) is 0 Å². The number of carbonyl (C=O) groups excluding carboxylic acids is 3. The molecule has 40 heavy (non-hydrogen) atoms. The number of anilines is 1. The second kappa shape index (κ2) is 12.4. The molecule has 1 fully saturated rings. The maximum atomic E-state index is 13.9. The van der Waals surface area contributed by atoms with E-state index in [1.54, 1.807) is 18.2 Å². The zero-order valence-electron chi connectivity index (χ0n) is 23.0. The van der Waals surface area contributed by atoms with Gasteiger partial charge in [-0.2, -0.15) is 0 Å². The molecule has 0 saturated heterocycles. The number of halogens is 1. The molecule has 1 aliphatic rings. The maximum Gasteiger partial charge on any atom is 0.407 e. The van der Waals surface area contributed by atoms with Crippen molar-refractivity contribution in [1.29, 1.82) is 0 Å². The summed E-state index contributed by atoms with van der Waals surface area (Å²) in [4.78, 5) is 58.0. The van der Waals surface area contributed by atoms with Gasteiger partial charge in [-0.3, -0.25) is 9.59 Å². The van der Waals surface area contributed by atoms with Gasteiger partial charge in [-0.25, -0.2) is 14.5 Å². The lowest BCUT2D eigenvalue weighted by Gasteiger charge is -2.32. The van der Waals surface area contributed by atoms with Gasteiger partial charge >= 0.3 is 11.8 Å². The Hall–Kier alpha value is -3.44. The molecule has 3 amide bonds. The molecule has 214 valence electrons. The minimum absolute atomic E-state index is 0.209. The minimum atomic E-state index is -0.950. The fraction of sp³-hybridized carbons (Fsp3) is 0.448. The molecule has 1 heterocycles. The lowest BCUT2D eigenvalue weighted by molar-refractivity contribution is -0.130. The molecular formula is C29H36BrN5O5. The van der Waals surface area contributed by atoms with Crippen LogP contribution in [-0.4, -0.2) is 46.1 Å². The molecule has 5 N–H and O–H groups in total. The number of aromatic nitrogens is 2. The first kappa shape index (κ1) is 29.5. The molecular weight excluding hydrogens is 578 g/mol. The van der Waals surface area contributed by atoms with Gasteiger partial charge in [0.25, 0.3) is 5.91 Å². The van der Waals surface area contributed by atoms with E-state index in [-0.39, 0.29) is 29.9 Å². The molecule has 11 heteroatoms.